The number of nitrogens with zero attached hydrogens (tertiary/aromatic N) is 2. The summed E-state index contributed by atoms with van der Waals surface area (Å²) in [7, 11) is 0. The Bertz CT molecular complexity index is 1330. The van der Waals surface area contributed by atoms with Crippen LogP contribution in [0.2, 0.25) is 5.02 Å². The van der Waals surface area contributed by atoms with Crippen LogP contribution in [0.25, 0.3) is 16.8 Å². The zero-order chi connectivity index (χ0) is 23.1. The number of carbonyl (C=O) groups is 1. The number of allylic oxidation sites excluding steroid dienone is 3. The third-order valence-electron chi connectivity index (χ3n) is 5.80. The highest BCUT2D eigenvalue weighted by Gasteiger charge is 2.39. The van der Waals surface area contributed by atoms with E-state index in [0.29, 0.717) is 46.2 Å². The molecule has 0 bridgehead atoms. The molecule has 166 valence electrons. The Labute approximate surface area is 198 Å². The Hall–Kier alpha value is -3.49. The predicted molar refractivity (Wildman–Crippen MR) is 126 cm³/mol. The van der Waals surface area contributed by atoms with Gasteiger partial charge in [-0.15, -0.1) is 11.3 Å². The fourth-order valence-corrected chi connectivity index (χ4v) is 5.27. The van der Waals surface area contributed by atoms with Crippen LogP contribution in [0.4, 0.5) is 5.69 Å². The maximum atomic E-state index is 13.0. The standard InChI is InChI=1S/C24H18ClN3O4S/c25-15-8-4-13(5-9-15)17-12-33-24(27-17)22-20(14-6-10-16(11-7-14)28(30)31)21-18(29)2-1-3-19(21)32-23(22)26/h4-12,20H,1-3,26H2/t20-/m1/s1. The van der Waals surface area contributed by atoms with Gasteiger partial charge in [-0.3, -0.25) is 14.9 Å². The molecule has 3 aromatic rings. The molecule has 1 aliphatic heterocycles. The van der Waals surface area contributed by atoms with E-state index in [1.807, 2.05) is 17.5 Å². The number of ketones is 1. The first-order valence-electron chi connectivity index (χ1n) is 10.3. The average Bonchev–Trinajstić information content (AvgIpc) is 3.28. The molecule has 7 nitrogen and oxygen atoms in total. The number of aromatic nitrogens is 1. The van der Waals surface area contributed by atoms with Crippen molar-refractivity contribution in [3.05, 3.63) is 96.8 Å². The van der Waals surface area contributed by atoms with Crippen LogP contribution in [0.5, 0.6) is 0 Å². The van der Waals surface area contributed by atoms with Crippen LogP contribution in [-0.4, -0.2) is 15.7 Å². The topological polar surface area (TPSA) is 108 Å². The first kappa shape index (κ1) is 21.4. The molecule has 2 aliphatic rings. The zero-order valence-corrected chi connectivity index (χ0v) is 18.9. The number of halogens is 1. The highest BCUT2D eigenvalue weighted by Crippen LogP contribution is 2.48. The number of rotatable bonds is 4. The number of benzene rings is 2. The summed E-state index contributed by atoms with van der Waals surface area (Å²) in [5.74, 6) is 0.264. The van der Waals surface area contributed by atoms with Crippen molar-refractivity contribution in [2.75, 3.05) is 0 Å². The van der Waals surface area contributed by atoms with E-state index in [-0.39, 0.29) is 17.4 Å². The number of hydrogen-bond acceptors (Lipinski definition) is 7. The van der Waals surface area contributed by atoms with E-state index in [1.165, 1.54) is 23.5 Å². The SMILES string of the molecule is NC1=C(c2nc(-c3ccc(Cl)cc3)cs2)[C@H](c2ccc([N+](=O)[O-])cc2)C2=C(CCCC2=O)O1. The van der Waals surface area contributed by atoms with Gasteiger partial charge in [0.25, 0.3) is 5.69 Å². The van der Waals surface area contributed by atoms with E-state index in [9.17, 15) is 14.9 Å². The lowest BCUT2D eigenvalue weighted by Crippen LogP contribution is -2.27. The van der Waals surface area contributed by atoms with Crippen molar-refractivity contribution in [2.24, 2.45) is 5.73 Å². The number of Topliss-reactive ketones (excluding diaryl/α,β-unsaturated/α-hetero) is 1. The normalized spacial score (nSPS) is 18.2. The van der Waals surface area contributed by atoms with Crippen molar-refractivity contribution in [1.29, 1.82) is 0 Å². The minimum Gasteiger partial charge on any atom is -0.445 e. The molecule has 2 aromatic carbocycles. The second-order valence-corrected chi connectivity index (χ2v) is 9.11. The van der Waals surface area contributed by atoms with Gasteiger partial charge >= 0.3 is 0 Å². The molecule has 9 heteroatoms. The molecule has 0 fully saturated rings. The molecule has 1 aromatic heterocycles. The molecule has 0 radical (unpaired) electrons. The maximum Gasteiger partial charge on any atom is 0.269 e. The number of carbonyl (C=O) groups excluding carboxylic acids is 1. The molecule has 1 atom stereocenters. The number of non-ortho nitro benzene ring substituents is 1. The van der Waals surface area contributed by atoms with Crippen LogP contribution in [0, 0.1) is 10.1 Å². The smallest absolute Gasteiger partial charge is 0.269 e. The Morgan fingerprint density at radius 1 is 1.09 bits per heavy atom. The summed E-state index contributed by atoms with van der Waals surface area (Å²) in [5, 5.41) is 14.3. The zero-order valence-electron chi connectivity index (χ0n) is 17.3. The number of nitrogens with two attached hydrogens (primary N) is 1. The predicted octanol–water partition coefficient (Wildman–Crippen LogP) is 5.82. The second-order valence-electron chi connectivity index (χ2n) is 7.82. The van der Waals surface area contributed by atoms with Crippen LogP contribution < -0.4 is 5.73 Å². The van der Waals surface area contributed by atoms with E-state index >= 15 is 0 Å². The lowest BCUT2D eigenvalue weighted by Gasteiger charge is -2.32. The summed E-state index contributed by atoms with van der Waals surface area (Å²) in [5.41, 5.74) is 9.91. The van der Waals surface area contributed by atoms with Crippen LogP contribution >= 0.6 is 22.9 Å². The summed E-state index contributed by atoms with van der Waals surface area (Å²) < 4.78 is 5.93. The number of hydrogen-bond donors (Lipinski definition) is 1. The molecule has 0 unspecified atom stereocenters. The van der Waals surface area contributed by atoms with E-state index in [4.69, 9.17) is 27.1 Å². The van der Waals surface area contributed by atoms with Crippen molar-refractivity contribution in [2.45, 2.75) is 25.2 Å². The maximum absolute atomic E-state index is 13.0. The Morgan fingerprint density at radius 3 is 2.52 bits per heavy atom. The fourth-order valence-electron chi connectivity index (χ4n) is 4.24. The van der Waals surface area contributed by atoms with Gasteiger partial charge < -0.3 is 10.5 Å². The molecule has 5 rings (SSSR count). The van der Waals surface area contributed by atoms with Crippen LogP contribution in [-0.2, 0) is 9.53 Å². The molecule has 0 spiro atoms. The summed E-state index contributed by atoms with van der Waals surface area (Å²) in [6.45, 7) is 0. The summed E-state index contributed by atoms with van der Waals surface area (Å²) in [6.07, 6.45) is 1.74. The number of ether oxygens (including phenoxy) is 1. The summed E-state index contributed by atoms with van der Waals surface area (Å²) in [6, 6.07) is 13.6. The minimum atomic E-state index is -0.508. The minimum absolute atomic E-state index is 0.000849. The molecule has 0 amide bonds. The summed E-state index contributed by atoms with van der Waals surface area (Å²) >= 11 is 7.41. The van der Waals surface area contributed by atoms with Gasteiger partial charge in [-0.25, -0.2) is 4.98 Å². The Kier molecular flexibility index (Phi) is 5.47. The van der Waals surface area contributed by atoms with E-state index in [0.717, 1.165) is 16.8 Å². The average molecular weight is 480 g/mol. The van der Waals surface area contributed by atoms with Gasteiger partial charge in [0.15, 0.2) is 11.7 Å². The fraction of sp³-hybridized carbons (Fsp3) is 0.167. The summed E-state index contributed by atoms with van der Waals surface area (Å²) in [4.78, 5) is 28.5. The third-order valence-corrected chi connectivity index (χ3v) is 6.92. The first-order valence-corrected chi connectivity index (χ1v) is 11.6. The van der Waals surface area contributed by atoms with Crippen molar-refractivity contribution >= 4 is 40.0 Å². The quantitative estimate of drug-likeness (QED) is 0.373. The van der Waals surface area contributed by atoms with Crippen molar-refractivity contribution in [3.8, 4) is 11.3 Å². The largest absolute Gasteiger partial charge is 0.445 e. The van der Waals surface area contributed by atoms with E-state index in [1.54, 1.807) is 24.3 Å². The molecular weight excluding hydrogens is 462 g/mol. The Morgan fingerprint density at radius 2 is 1.82 bits per heavy atom. The van der Waals surface area contributed by atoms with Gasteiger partial charge in [0, 0.05) is 52.4 Å². The number of nitro benzene ring substituents is 1. The molecular formula is C24H18ClN3O4S. The van der Waals surface area contributed by atoms with Crippen molar-refractivity contribution in [3.63, 3.8) is 0 Å². The van der Waals surface area contributed by atoms with Crippen LogP contribution in [0.3, 0.4) is 0 Å². The van der Waals surface area contributed by atoms with Crippen molar-refractivity contribution < 1.29 is 14.5 Å². The molecule has 1 aliphatic carbocycles. The lowest BCUT2D eigenvalue weighted by atomic mass is 9.77. The van der Waals surface area contributed by atoms with Gasteiger partial charge in [-0.05, 0) is 24.1 Å². The third kappa shape index (κ3) is 3.92. The monoisotopic (exact) mass is 479 g/mol. The molecule has 0 saturated heterocycles. The molecule has 2 N–H and O–H groups in total. The number of nitro groups is 1. The Balaban J connectivity index is 1.62. The van der Waals surface area contributed by atoms with Crippen LogP contribution in [0.1, 0.15) is 35.8 Å². The molecule has 2 heterocycles. The molecule has 33 heavy (non-hydrogen) atoms. The van der Waals surface area contributed by atoms with Crippen molar-refractivity contribution in [1.82, 2.24) is 4.98 Å². The second kappa shape index (κ2) is 8.46. The lowest BCUT2D eigenvalue weighted by molar-refractivity contribution is -0.384. The van der Waals surface area contributed by atoms with Crippen LogP contribution in [0.15, 0.2) is 71.1 Å². The number of thiazole rings is 1. The van der Waals surface area contributed by atoms with E-state index < -0.39 is 10.8 Å². The highest BCUT2D eigenvalue weighted by molar-refractivity contribution is 7.11. The van der Waals surface area contributed by atoms with Gasteiger partial charge in [0.2, 0.25) is 0 Å². The van der Waals surface area contributed by atoms with E-state index in [2.05, 4.69) is 0 Å². The first-order chi connectivity index (χ1) is 15.9. The van der Waals surface area contributed by atoms with Gasteiger partial charge in [-0.1, -0.05) is 35.9 Å². The molecule has 0 saturated carbocycles. The highest BCUT2D eigenvalue weighted by atomic mass is 35.5. The van der Waals surface area contributed by atoms with Gasteiger partial charge in [-0.2, -0.15) is 0 Å². The van der Waals surface area contributed by atoms with Gasteiger partial charge in [0.05, 0.1) is 16.2 Å². The van der Waals surface area contributed by atoms with Gasteiger partial charge in [0.1, 0.15) is 10.8 Å².